The molecule has 2 N–H and O–H groups in total. The highest BCUT2D eigenvalue weighted by molar-refractivity contribution is 5.05. The zero-order chi connectivity index (χ0) is 14.8. The zero-order valence-corrected chi connectivity index (χ0v) is 13.1. The van der Waals surface area contributed by atoms with Crippen LogP contribution in [-0.4, -0.2) is 23.3 Å². The van der Waals surface area contributed by atoms with Crippen molar-refractivity contribution in [2.45, 2.75) is 70.9 Å². The van der Waals surface area contributed by atoms with E-state index in [1.165, 1.54) is 0 Å². The van der Waals surface area contributed by atoms with Gasteiger partial charge in [0.2, 0.25) is 11.7 Å². The monoisotopic (exact) mass is 281 g/mol. The Morgan fingerprint density at radius 2 is 2.00 bits per heavy atom. The molecule has 0 amide bonds. The number of rotatable bonds is 5. The summed E-state index contributed by atoms with van der Waals surface area (Å²) in [5, 5.41) is 4.12. The molecule has 0 saturated heterocycles. The molecule has 1 heterocycles. The van der Waals surface area contributed by atoms with Crippen LogP contribution in [0.25, 0.3) is 0 Å². The number of ether oxygens (including phenoxy) is 1. The molecule has 0 aromatic carbocycles. The predicted molar refractivity (Wildman–Crippen MR) is 77.2 cm³/mol. The lowest BCUT2D eigenvalue weighted by Crippen LogP contribution is -2.29. The van der Waals surface area contributed by atoms with E-state index in [9.17, 15) is 0 Å². The van der Waals surface area contributed by atoms with Gasteiger partial charge in [-0.3, -0.25) is 0 Å². The Hall–Kier alpha value is -0.940. The molecular formula is C15H27N3O2. The van der Waals surface area contributed by atoms with Gasteiger partial charge in [-0.05, 0) is 37.5 Å². The average molecular weight is 281 g/mol. The predicted octanol–water partition coefficient (Wildman–Crippen LogP) is 2.79. The van der Waals surface area contributed by atoms with Crippen molar-refractivity contribution in [3.05, 3.63) is 11.7 Å². The van der Waals surface area contributed by atoms with Crippen LogP contribution in [-0.2, 0) is 16.8 Å². The lowest BCUT2D eigenvalue weighted by Gasteiger charge is -2.23. The van der Waals surface area contributed by atoms with E-state index >= 15 is 0 Å². The Bertz CT molecular complexity index is 431. The molecule has 0 spiro atoms. The molecule has 0 bridgehead atoms. The van der Waals surface area contributed by atoms with E-state index in [1.54, 1.807) is 7.11 Å². The molecule has 114 valence electrons. The van der Waals surface area contributed by atoms with Crippen molar-refractivity contribution in [1.29, 1.82) is 0 Å². The SMILES string of the molecule is COC1(c2noc(CC(N)CC(C)(C)C)n2)CCCC1. The second-order valence-corrected chi connectivity index (χ2v) is 7.15. The smallest absolute Gasteiger partial charge is 0.228 e. The minimum absolute atomic E-state index is 0.0466. The minimum atomic E-state index is -0.337. The molecular weight excluding hydrogens is 254 g/mol. The van der Waals surface area contributed by atoms with Crippen molar-refractivity contribution in [3.8, 4) is 0 Å². The zero-order valence-electron chi connectivity index (χ0n) is 13.1. The molecule has 1 aliphatic carbocycles. The Kier molecular flexibility index (Phi) is 4.49. The molecule has 2 rings (SSSR count). The fourth-order valence-electron chi connectivity index (χ4n) is 3.07. The average Bonchev–Trinajstić information content (AvgIpc) is 2.94. The lowest BCUT2D eigenvalue weighted by molar-refractivity contribution is -0.0178. The van der Waals surface area contributed by atoms with Crippen LogP contribution in [0.15, 0.2) is 4.52 Å². The van der Waals surface area contributed by atoms with Gasteiger partial charge in [-0.2, -0.15) is 4.98 Å². The maximum Gasteiger partial charge on any atom is 0.228 e. The topological polar surface area (TPSA) is 74.2 Å². The first kappa shape index (κ1) is 15.4. The number of hydrogen-bond donors (Lipinski definition) is 1. The Balaban J connectivity index is 2.02. The highest BCUT2D eigenvalue weighted by Gasteiger charge is 2.40. The molecule has 5 heteroatoms. The van der Waals surface area contributed by atoms with Gasteiger partial charge in [0.1, 0.15) is 5.60 Å². The summed E-state index contributed by atoms with van der Waals surface area (Å²) < 4.78 is 11.0. The van der Waals surface area contributed by atoms with Crippen LogP contribution < -0.4 is 5.73 Å². The van der Waals surface area contributed by atoms with Crippen molar-refractivity contribution in [2.24, 2.45) is 11.1 Å². The second kappa shape index (κ2) is 5.82. The minimum Gasteiger partial charge on any atom is -0.370 e. The van der Waals surface area contributed by atoms with Gasteiger partial charge in [-0.15, -0.1) is 0 Å². The third-order valence-electron chi connectivity index (χ3n) is 3.99. The van der Waals surface area contributed by atoms with Gasteiger partial charge in [0.05, 0.1) is 0 Å². The Morgan fingerprint density at radius 1 is 1.35 bits per heavy atom. The highest BCUT2D eigenvalue weighted by Crippen LogP contribution is 2.40. The van der Waals surface area contributed by atoms with Gasteiger partial charge in [-0.25, -0.2) is 0 Å². The van der Waals surface area contributed by atoms with E-state index in [2.05, 4.69) is 30.9 Å². The van der Waals surface area contributed by atoms with Crippen LogP contribution in [0.3, 0.4) is 0 Å². The van der Waals surface area contributed by atoms with Crippen LogP contribution in [0.1, 0.15) is 64.6 Å². The largest absolute Gasteiger partial charge is 0.370 e. The fourth-order valence-corrected chi connectivity index (χ4v) is 3.07. The van der Waals surface area contributed by atoms with Crippen molar-refractivity contribution in [1.82, 2.24) is 10.1 Å². The van der Waals surface area contributed by atoms with Crippen molar-refractivity contribution in [2.75, 3.05) is 7.11 Å². The second-order valence-electron chi connectivity index (χ2n) is 7.15. The fraction of sp³-hybridized carbons (Fsp3) is 0.867. The summed E-state index contributed by atoms with van der Waals surface area (Å²) >= 11 is 0. The summed E-state index contributed by atoms with van der Waals surface area (Å²) in [7, 11) is 1.73. The standard InChI is InChI=1S/C15H27N3O2/c1-14(2,3)10-11(16)9-12-17-13(18-20-12)15(19-4)7-5-6-8-15/h11H,5-10,16H2,1-4H3. The number of nitrogens with two attached hydrogens (primary N) is 1. The quantitative estimate of drug-likeness (QED) is 0.898. The summed E-state index contributed by atoms with van der Waals surface area (Å²) in [6.45, 7) is 6.56. The molecule has 1 aromatic heterocycles. The molecule has 1 unspecified atom stereocenters. The first-order chi connectivity index (χ1) is 9.35. The van der Waals surface area contributed by atoms with Gasteiger partial charge in [0, 0.05) is 19.6 Å². The van der Waals surface area contributed by atoms with Crippen LogP contribution in [0.2, 0.25) is 0 Å². The van der Waals surface area contributed by atoms with E-state index in [0.717, 1.165) is 32.1 Å². The summed E-state index contributed by atoms with van der Waals surface area (Å²) in [6.07, 6.45) is 5.81. The molecule has 1 saturated carbocycles. The van der Waals surface area contributed by atoms with Gasteiger partial charge in [0.25, 0.3) is 0 Å². The molecule has 5 nitrogen and oxygen atoms in total. The number of aromatic nitrogens is 2. The molecule has 1 atom stereocenters. The number of nitrogens with zero attached hydrogens (tertiary/aromatic N) is 2. The number of hydrogen-bond acceptors (Lipinski definition) is 5. The van der Waals surface area contributed by atoms with Gasteiger partial charge in [-0.1, -0.05) is 25.9 Å². The van der Waals surface area contributed by atoms with Crippen molar-refractivity contribution >= 4 is 0 Å². The van der Waals surface area contributed by atoms with Crippen LogP contribution >= 0.6 is 0 Å². The number of methoxy groups -OCH3 is 1. The van der Waals surface area contributed by atoms with E-state index in [4.69, 9.17) is 15.0 Å². The molecule has 20 heavy (non-hydrogen) atoms. The molecule has 0 radical (unpaired) electrons. The Morgan fingerprint density at radius 3 is 2.55 bits per heavy atom. The summed E-state index contributed by atoms with van der Waals surface area (Å²) in [5.41, 5.74) is 6.03. The molecule has 1 aromatic rings. The molecule has 1 aliphatic rings. The summed E-state index contributed by atoms with van der Waals surface area (Å²) in [4.78, 5) is 4.52. The normalized spacial score (nSPS) is 20.2. The third-order valence-corrected chi connectivity index (χ3v) is 3.99. The van der Waals surface area contributed by atoms with E-state index in [0.29, 0.717) is 18.1 Å². The summed E-state index contributed by atoms with van der Waals surface area (Å²) in [6, 6.07) is 0.0466. The summed E-state index contributed by atoms with van der Waals surface area (Å²) in [5.74, 6) is 1.32. The molecule has 0 aliphatic heterocycles. The van der Waals surface area contributed by atoms with Gasteiger partial charge < -0.3 is 15.0 Å². The van der Waals surface area contributed by atoms with Crippen LogP contribution in [0.5, 0.6) is 0 Å². The Labute approximate surface area is 121 Å². The highest BCUT2D eigenvalue weighted by atomic mass is 16.5. The first-order valence-corrected chi connectivity index (χ1v) is 7.48. The van der Waals surface area contributed by atoms with Gasteiger partial charge >= 0.3 is 0 Å². The molecule has 1 fully saturated rings. The lowest BCUT2D eigenvalue weighted by atomic mass is 9.87. The van der Waals surface area contributed by atoms with E-state index < -0.39 is 0 Å². The van der Waals surface area contributed by atoms with Crippen LogP contribution in [0.4, 0.5) is 0 Å². The van der Waals surface area contributed by atoms with E-state index in [-0.39, 0.29) is 17.1 Å². The van der Waals surface area contributed by atoms with Crippen molar-refractivity contribution in [3.63, 3.8) is 0 Å². The third kappa shape index (κ3) is 3.58. The first-order valence-electron chi connectivity index (χ1n) is 7.48. The maximum atomic E-state index is 6.16. The maximum absolute atomic E-state index is 6.16. The van der Waals surface area contributed by atoms with Gasteiger partial charge in [0.15, 0.2) is 0 Å². The van der Waals surface area contributed by atoms with E-state index in [1.807, 2.05) is 0 Å². The van der Waals surface area contributed by atoms with Crippen LogP contribution in [0, 0.1) is 5.41 Å². The van der Waals surface area contributed by atoms with Crippen molar-refractivity contribution < 1.29 is 9.26 Å².